The predicted octanol–water partition coefficient (Wildman–Crippen LogP) is 0.795. The molecular weight excluding hydrogens is 108 g/mol. The van der Waals surface area contributed by atoms with Gasteiger partial charge in [-0.2, -0.15) is 0 Å². The minimum Gasteiger partial charge on any atom is -0.242 e. The highest BCUT2D eigenvalue weighted by molar-refractivity contribution is 8.02. The maximum atomic E-state index is 3.89. The number of hydrogen-bond acceptors (Lipinski definition) is 2. The van der Waals surface area contributed by atoms with Crippen LogP contribution in [0, 0.1) is 0 Å². The lowest BCUT2D eigenvalue weighted by atomic mass is 10.9. The molecule has 0 aromatic rings. The second-order valence-electron chi connectivity index (χ2n) is 1.07. The molecule has 0 amide bonds. The molecule has 0 atom stereocenters. The van der Waals surface area contributed by atoms with Crippen LogP contribution in [-0.2, 0) is 0 Å². The third-order valence-electron chi connectivity index (χ3n) is 0.646. The van der Waals surface area contributed by atoms with Crippen molar-refractivity contribution < 1.29 is 0 Å². The zero-order chi connectivity index (χ0) is 5.11. The van der Waals surface area contributed by atoms with Crippen molar-refractivity contribution in [2.75, 3.05) is 6.26 Å². The molecule has 1 heterocycles. The van der Waals surface area contributed by atoms with Crippen LogP contribution in [0.2, 0.25) is 0 Å². The van der Waals surface area contributed by atoms with Crippen molar-refractivity contribution in [3.63, 3.8) is 0 Å². The Morgan fingerprint density at radius 1 is 1.71 bits per heavy atom. The van der Waals surface area contributed by atoms with Crippen molar-refractivity contribution in [2.45, 2.75) is 0 Å². The first-order valence-corrected chi connectivity index (χ1v) is 3.12. The largest absolute Gasteiger partial charge is 0.242 e. The normalized spacial score (nSPS) is 16.4. The van der Waals surface area contributed by atoms with E-state index in [-0.39, 0.29) is 0 Å². The van der Waals surface area contributed by atoms with Gasteiger partial charge in [0.15, 0.2) is 0 Å². The lowest BCUT2D eigenvalue weighted by Crippen LogP contribution is -1.80. The van der Waals surface area contributed by atoms with E-state index in [0.29, 0.717) is 0 Å². The first-order valence-electron chi connectivity index (χ1n) is 1.90. The molecule has 0 fully saturated rings. The van der Waals surface area contributed by atoms with Crippen molar-refractivity contribution in [3.05, 3.63) is 11.2 Å². The van der Waals surface area contributed by atoms with E-state index in [1.54, 1.807) is 24.3 Å². The van der Waals surface area contributed by atoms with Gasteiger partial charge in [-0.1, -0.05) is 0 Å². The number of rotatable bonds is 1. The maximum Gasteiger partial charge on any atom is 0.116 e. The van der Waals surface area contributed by atoms with Crippen molar-refractivity contribution in [2.24, 2.45) is 4.99 Å². The molecule has 1 radical (unpaired) electrons. The summed E-state index contributed by atoms with van der Waals surface area (Å²) in [7, 11) is 0. The van der Waals surface area contributed by atoms with Gasteiger partial charge in [0.2, 0.25) is 0 Å². The third kappa shape index (κ3) is 0.962. The SMILES string of the molecule is CSC1=C[N]C=N1. The van der Waals surface area contributed by atoms with E-state index in [4.69, 9.17) is 0 Å². The van der Waals surface area contributed by atoms with Gasteiger partial charge in [0.25, 0.3) is 0 Å². The van der Waals surface area contributed by atoms with Crippen LogP contribution in [0.1, 0.15) is 0 Å². The second kappa shape index (κ2) is 2.02. The van der Waals surface area contributed by atoms with Gasteiger partial charge in [0.1, 0.15) is 11.4 Å². The highest BCUT2D eigenvalue weighted by atomic mass is 32.2. The zero-order valence-corrected chi connectivity index (χ0v) is 4.77. The Morgan fingerprint density at radius 2 is 2.57 bits per heavy atom. The summed E-state index contributed by atoms with van der Waals surface area (Å²) >= 11 is 1.60. The van der Waals surface area contributed by atoms with Crippen molar-refractivity contribution >= 4 is 18.1 Å². The molecule has 1 aliphatic rings. The summed E-state index contributed by atoms with van der Waals surface area (Å²) in [5, 5.41) is 4.75. The van der Waals surface area contributed by atoms with Crippen molar-refractivity contribution in [3.8, 4) is 0 Å². The summed E-state index contributed by atoms with van der Waals surface area (Å²) in [5.74, 6) is 0. The molecule has 0 aromatic carbocycles. The molecule has 3 heteroatoms. The topological polar surface area (TPSA) is 26.5 Å². The summed E-state index contributed by atoms with van der Waals surface area (Å²) in [6, 6.07) is 0. The summed E-state index contributed by atoms with van der Waals surface area (Å²) in [5.41, 5.74) is 0. The Morgan fingerprint density at radius 3 is 2.86 bits per heavy atom. The maximum absolute atomic E-state index is 3.89. The van der Waals surface area contributed by atoms with E-state index in [1.807, 2.05) is 6.26 Å². The van der Waals surface area contributed by atoms with Gasteiger partial charge in [0.05, 0.1) is 6.20 Å². The van der Waals surface area contributed by atoms with Crippen LogP contribution in [0.4, 0.5) is 0 Å². The molecule has 0 unspecified atom stereocenters. The molecule has 1 rings (SSSR count). The van der Waals surface area contributed by atoms with Crippen LogP contribution in [0.3, 0.4) is 0 Å². The predicted molar refractivity (Wildman–Crippen MR) is 32.2 cm³/mol. The Kier molecular flexibility index (Phi) is 1.36. The molecule has 1 aliphatic heterocycles. The fraction of sp³-hybridized carbons (Fsp3) is 0.250. The van der Waals surface area contributed by atoms with E-state index in [0.717, 1.165) is 5.03 Å². The number of hydrogen-bond donors (Lipinski definition) is 0. The quantitative estimate of drug-likeness (QED) is 0.494. The highest BCUT2D eigenvalue weighted by Gasteiger charge is 1.93. The first-order chi connectivity index (χ1) is 3.43. The molecule has 37 valence electrons. The van der Waals surface area contributed by atoms with E-state index in [2.05, 4.69) is 10.3 Å². The van der Waals surface area contributed by atoms with Gasteiger partial charge in [-0.3, -0.25) is 0 Å². The first kappa shape index (κ1) is 4.71. The molecule has 7 heavy (non-hydrogen) atoms. The molecule has 0 bridgehead atoms. The Bertz CT molecular complexity index is 117. The molecule has 2 nitrogen and oxygen atoms in total. The van der Waals surface area contributed by atoms with Gasteiger partial charge < -0.3 is 0 Å². The van der Waals surface area contributed by atoms with Gasteiger partial charge in [-0.25, -0.2) is 10.3 Å². The van der Waals surface area contributed by atoms with E-state index < -0.39 is 0 Å². The average molecular weight is 113 g/mol. The summed E-state index contributed by atoms with van der Waals surface area (Å²) < 4.78 is 0. The van der Waals surface area contributed by atoms with E-state index in [9.17, 15) is 0 Å². The van der Waals surface area contributed by atoms with Crippen LogP contribution >= 0.6 is 11.8 Å². The minimum absolute atomic E-state index is 0.986. The van der Waals surface area contributed by atoms with Gasteiger partial charge >= 0.3 is 0 Å². The van der Waals surface area contributed by atoms with Crippen LogP contribution in [0.5, 0.6) is 0 Å². The van der Waals surface area contributed by atoms with Crippen LogP contribution in [-0.4, -0.2) is 12.6 Å². The third-order valence-corrected chi connectivity index (χ3v) is 1.27. The summed E-state index contributed by atoms with van der Waals surface area (Å²) in [6.45, 7) is 0. The lowest BCUT2D eigenvalue weighted by Gasteiger charge is -1.81. The van der Waals surface area contributed by atoms with Gasteiger partial charge in [0, 0.05) is 0 Å². The fourth-order valence-corrected chi connectivity index (χ4v) is 0.645. The number of thioether (sulfide) groups is 1. The molecule has 0 aliphatic carbocycles. The second-order valence-corrected chi connectivity index (χ2v) is 1.89. The molecule has 0 aromatic heterocycles. The number of aliphatic imine (C=N–C) groups is 1. The molecule has 0 saturated carbocycles. The number of nitrogens with zero attached hydrogens (tertiary/aromatic N) is 2. The van der Waals surface area contributed by atoms with Crippen LogP contribution < -0.4 is 5.32 Å². The lowest BCUT2D eigenvalue weighted by molar-refractivity contribution is 1.34. The smallest absolute Gasteiger partial charge is 0.116 e. The van der Waals surface area contributed by atoms with Crippen molar-refractivity contribution in [1.29, 1.82) is 0 Å². The molecule has 0 saturated heterocycles. The Hall–Kier alpha value is -0.440. The van der Waals surface area contributed by atoms with Gasteiger partial charge in [-0.15, -0.1) is 11.8 Å². The van der Waals surface area contributed by atoms with Crippen LogP contribution in [0.25, 0.3) is 0 Å². The van der Waals surface area contributed by atoms with E-state index >= 15 is 0 Å². The van der Waals surface area contributed by atoms with Crippen LogP contribution in [0.15, 0.2) is 16.2 Å². The monoisotopic (exact) mass is 113 g/mol. The molecular formula is C4H5N2S. The summed E-state index contributed by atoms with van der Waals surface area (Å²) in [4.78, 5) is 3.89. The van der Waals surface area contributed by atoms with Crippen molar-refractivity contribution in [1.82, 2.24) is 5.32 Å². The standard InChI is InChI=1S/C4H5N2S/c1-7-4-2-5-3-6-4/h2-3H,1H3. The Balaban J connectivity index is 2.52. The zero-order valence-electron chi connectivity index (χ0n) is 3.96. The molecule has 0 N–H and O–H groups in total. The van der Waals surface area contributed by atoms with Gasteiger partial charge in [-0.05, 0) is 6.26 Å². The highest BCUT2D eigenvalue weighted by Crippen LogP contribution is 2.12. The molecule has 0 spiro atoms. The Labute approximate surface area is 46.7 Å². The summed E-state index contributed by atoms with van der Waals surface area (Å²) in [6.07, 6.45) is 5.26. The average Bonchev–Trinajstić information content (AvgIpc) is 2.14. The fourth-order valence-electron chi connectivity index (χ4n) is 0.326. The minimum atomic E-state index is 0.986. The van der Waals surface area contributed by atoms with E-state index in [1.165, 1.54) is 0 Å².